The van der Waals surface area contributed by atoms with Gasteiger partial charge in [-0.1, -0.05) is 31.5 Å². The van der Waals surface area contributed by atoms with Crippen molar-refractivity contribution >= 4 is 28.8 Å². The summed E-state index contributed by atoms with van der Waals surface area (Å²) in [4.78, 5) is 13.8. The van der Waals surface area contributed by atoms with Gasteiger partial charge >= 0.3 is 0 Å². The molecule has 5 nitrogen and oxygen atoms in total. The van der Waals surface area contributed by atoms with Gasteiger partial charge in [0, 0.05) is 10.6 Å². The third-order valence-electron chi connectivity index (χ3n) is 3.72. The lowest BCUT2D eigenvalue weighted by Crippen LogP contribution is -2.31. The first-order chi connectivity index (χ1) is 11.6. The first-order valence-electron chi connectivity index (χ1n) is 7.55. The minimum Gasteiger partial charge on any atom is -0.344 e. The molecule has 0 aliphatic carbocycles. The minimum atomic E-state index is -0.178. The maximum Gasteiger partial charge on any atom is 0.253 e. The second kappa shape index (κ2) is 7.15. The van der Waals surface area contributed by atoms with Crippen molar-refractivity contribution in [3.8, 4) is 5.69 Å². The Kier molecular flexibility index (Phi) is 4.97. The highest BCUT2D eigenvalue weighted by Crippen LogP contribution is 2.27. The lowest BCUT2D eigenvalue weighted by atomic mass is 10.0. The molecular weight excluding hydrogens is 344 g/mol. The van der Waals surface area contributed by atoms with Crippen LogP contribution in [0, 0.1) is 5.92 Å². The highest BCUT2D eigenvalue weighted by atomic mass is 35.5. The fraction of sp³-hybridized carbons (Fsp3) is 0.235. The number of nitrogens with zero attached hydrogens (tertiary/aromatic N) is 3. The first kappa shape index (κ1) is 16.7. The van der Waals surface area contributed by atoms with Crippen molar-refractivity contribution in [1.82, 2.24) is 20.1 Å². The molecule has 0 bridgehead atoms. The molecule has 1 atom stereocenters. The Labute approximate surface area is 149 Å². The van der Waals surface area contributed by atoms with E-state index in [0.717, 1.165) is 10.6 Å². The van der Waals surface area contributed by atoms with Gasteiger partial charge in [0.2, 0.25) is 0 Å². The number of amides is 1. The van der Waals surface area contributed by atoms with Crippen molar-refractivity contribution in [2.45, 2.75) is 19.9 Å². The number of hydrogen-bond donors (Lipinski definition) is 1. The van der Waals surface area contributed by atoms with Gasteiger partial charge < -0.3 is 5.32 Å². The zero-order valence-electron chi connectivity index (χ0n) is 13.3. The summed E-state index contributed by atoms with van der Waals surface area (Å²) in [6.07, 6.45) is 3.16. The van der Waals surface area contributed by atoms with E-state index in [4.69, 9.17) is 11.6 Å². The van der Waals surface area contributed by atoms with Gasteiger partial charge in [-0.2, -0.15) is 0 Å². The Hall–Kier alpha value is -2.18. The zero-order valence-corrected chi connectivity index (χ0v) is 14.9. The van der Waals surface area contributed by atoms with Gasteiger partial charge in [0.05, 0.1) is 16.6 Å². The summed E-state index contributed by atoms with van der Waals surface area (Å²) in [6, 6.07) is 9.26. The largest absolute Gasteiger partial charge is 0.344 e. The number of thiophene rings is 1. The number of carbonyl (C=O) groups excluding carboxylic acids is 1. The molecule has 0 saturated heterocycles. The van der Waals surface area contributed by atoms with Gasteiger partial charge in [0.15, 0.2) is 0 Å². The molecule has 3 aromatic rings. The van der Waals surface area contributed by atoms with Crippen LogP contribution in [0.2, 0.25) is 5.02 Å². The van der Waals surface area contributed by atoms with Crippen LogP contribution in [0.5, 0.6) is 0 Å². The summed E-state index contributed by atoms with van der Waals surface area (Å²) in [7, 11) is 0. The molecular formula is C17H17ClN4OS. The van der Waals surface area contributed by atoms with Crippen LogP contribution in [0.15, 0.2) is 48.4 Å². The van der Waals surface area contributed by atoms with Crippen molar-refractivity contribution < 1.29 is 4.79 Å². The topological polar surface area (TPSA) is 59.8 Å². The monoisotopic (exact) mass is 360 g/mol. The minimum absolute atomic E-state index is 0.0360. The third kappa shape index (κ3) is 3.49. The highest BCUT2D eigenvalue weighted by molar-refractivity contribution is 7.10. The van der Waals surface area contributed by atoms with E-state index in [0.29, 0.717) is 10.6 Å². The molecule has 2 aromatic heterocycles. The van der Waals surface area contributed by atoms with Crippen LogP contribution in [-0.4, -0.2) is 20.7 Å². The second-order valence-corrected chi connectivity index (χ2v) is 7.13. The van der Waals surface area contributed by atoms with E-state index in [1.165, 1.54) is 0 Å². The molecule has 1 aromatic carbocycles. The van der Waals surface area contributed by atoms with E-state index < -0.39 is 0 Å². The molecule has 124 valence electrons. The summed E-state index contributed by atoms with van der Waals surface area (Å²) in [6.45, 7) is 4.17. The quantitative estimate of drug-likeness (QED) is 0.744. The number of nitrogens with one attached hydrogen (secondary N) is 1. The summed E-state index contributed by atoms with van der Waals surface area (Å²) >= 11 is 7.95. The number of halogens is 1. The number of hydrogen-bond acceptors (Lipinski definition) is 4. The van der Waals surface area contributed by atoms with Gasteiger partial charge in [-0.25, -0.2) is 0 Å². The van der Waals surface area contributed by atoms with E-state index in [9.17, 15) is 4.79 Å². The van der Waals surface area contributed by atoms with Crippen LogP contribution in [0.4, 0.5) is 0 Å². The fourth-order valence-electron chi connectivity index (χ4n) is 2.44. The Bertz CT molecular complexity index is 815. The van der Waals surface area contributed by atoms with E-state index in [-0.39, 0.29) is 17.9 Å². The molecule has 0 spiro atoms. The van der Waals surface area contributed by atoms with Crippen LogP contribution >= 0.6 is 22.9 Å². The Morgan fingerprint density at radius 2 is 2.00 bits per heavy atom. The van der Waals surface area contributed by atoms with Crippen LogP contribution in [-0.2, 0) is 0 Å². The van der Waals surface area contributed by atoms with Crippen LogP contribution in [0.25, 0.3) is 5.69 Å². The molecule has 1 amide bonds. The number of benzene rings is 1. The van der Waals surface area contributed by atoms with Gasteiger partial charge in [-0.3, -0.25) is 9.36 Å². The van der Waals surface area contributed by atoms with E-state index in [1.54, 1.807) is 40.7 Å². The third-order valence-corrected chi connectivity index (χ3v) is 4.99. The van der Waals surface area contributed by atoms with E-state index in [1.807, 2.05) is 23.6 Å². The van der Waals surface area contributed by atoms with Crippen molar-refractivity contribution in [3.05, 3.63) is 63.8 Å². The standard InChI is InChI=1S/C17H17ClN4OS/c1-11(2)16(15-4-3-7-24-15)21-17(23)13-6-5-12(8-14(13)18)22-9-19-20-10-22/h3-11,16H,1-2H3,(H,21,23). The zero-order chi connectivity index (χ0) is 17.1. The Morgan fingerprint density at radius 1 is 1.25 bits per heavy atom. The predicted molar refractivity (Wildman–Crippen MR) is 95.7 cm³/mol. The number of carbonyl (C=O) groups is 1. The normalized spacial score (nSPS) is 12.3. The van der Waals surface area contributed by atoms with E-state index >= 15 is 0 Å². The van der Waals surface area contributed by atoms with Crippen molar-refractivity contribution in [2.24, 2.45) is 5.92 Å². The lowest BCUT2D eigenvalue weighted by Gasteiger charge is -2.21. The molecule has 2 heterocycles. The molecule has 1 N–H and O–H groups in total. The van der Waals surface area contributed by atoms with Gasteiger partial charge in [-0.05, 0) is 35.6 Å². The molecule has 7 heteroatoms. The molecule has 24 heavy (non-hydrogen) atoms. The lowest BCUT2D eigenvalue weighted by molar-refractivity contribution is 0.0926. The predicted octanol–water partition coefficient (Wildman–Crippen LogP) is 4.11. The summed E-state index contributed by atoms with van der Waals surface area (Å²) < 4.78 is 1.73. The van der Waals surface area contributed by atoms with Gasteiger partial charge in [0.1, 0.15) is 12.7 Å². The fourth-order valence-corrected chi connectivity index (χ4v) is 3.65. The molecule has 0 aliphatic rings. The average molecular weight is 361 g/mol. The van der Waals surface area contributed by atoms with Crippen molar-refractivity contribution in [1.29, 1.82) is 0 Å². The molecule has 0 aliphatic heterocycles. The Morgan fingerprint density at radius 3 is 2.58 bits per heavy atom. The molecule has 1 unspecified atom stereocenters. The van der Waals surface area contributed by atoms with Crippen LogP contribution < -0.4 is 5.32 Å². The molecule has 0 fully saturated rings. The van der Waals surface area contributed by atoms with Crippen molar-refractivity contribution in [3.63, 3.8) is 0 Å². The molecule has 0 radical (unpaired) electrons. The summed E-state index contributed by atoms with van der Waals surface area (Å²) in [5.74, 6) is 0.102. The van der Waals surface area contributed by atoms with Crippen LogP contribution in [0.1, 0.15) is 35.1 Å². The van der Waals surface area contributed by atoms with Crippen molar-refractivity contribution in [2.75, 3.05) is 0 Å². The maximum absolute atomic E-state index is 12.7. The van der Waals surface area contributed by atoms with E-state index in [2.05, 4.69) is 29.4 Å². The molecule has 0 saturated carbocycles. The highest BCUT2D eigenvalue weighted by Gasteiger charge is 2.21. The number of rotatable bonds is 5. The second-order valence-electron chi connectivity index (χ2n) is 5.74. The smallest absolute Gasteiger partial charge is 0.253 e. The number of aromatic nitrogens is 3. The summed E-state index contributed by atoms with van der Waals surface area (Å²) in [5.41, 5.74) is 1.26. The average Bonchev–Trinajstić information content (AvgIpc) is 3.25. The van der Waals surface area contributed by atoms with Crippen LogP contribution in [0.3, 0.4) is 0 Å². The SMILES string of the molecule is CC(C)C(NC(=O)c1ccc(-n2cnnc2)cc1Cl)c1cccs1. The maximum atomic E-state index is 12.7. The van der Waals surface area contributed by atoms with Gasteiger partial charge in [0.25, 0.3) is 5.91 Å². The van der Waals surface area contributed by atoms with Gasteiger partial charge in [-0.15, -0.1) is 21.5 Å². The summed E-state index contributed by atoms with van der Waals surface area (Å²) in [5, 5.41) is 13.0. The molecule has 3 rings (SSSR count). The first-order valence-corrected chi connectivity index (χ1v) is 8.81. The Balaban J connectivity index is 1.82.